The van der Waals surface area contributed by atoms with Crippen molar-refractivity contribution in [1.29, 1.82) is 0 Å². The second-order valence-corrected chi connectivity index (χ2v) is 5.01. The Kier molecular flexibility index (Phi) is 5.31. The number of carbonyl (C=O) groups excluding carboxylic acids is 2. The molecule has 0 fully saturated rings. The van der Waals surface area contributed by atoms with Crippen molar-refractivity contribution < 1.29 is 9.59 Å². The summed E-state index contributed by atoms with van der Waals surface area (Å²) in [6, 6.07) is 18.8. The van der Waals surface area contributed by atoms with Crippen LogP contribution in [0.1, 0.15) is 23.0 Å². The third kappa shape index (κ3) is 3.34. The number of likely N-dealkylation sites (N-methyl/N-ethyl adjacent to an activating group) is 2. The van der Waals surface area contributed by atoms with E-state index in [0.717, 1.165) is 11.1 Å². The molecule has 2 aromatic rings. The standard InChI is InChI=1S/C18H20N2O2/c1-19-17(21)15(13-9-5-3-6-10-13)16(18(22)20-2)14-11-7-4-8-12-14/h3-12,15-16H,1-2H3,(H,19,21)(H,20,22). The van der Waals surface area contributed by atoms with Gasteiger partial charge in [0.2, 0.25) is 11.8 Å². The van der Waals surface area contributed by atoms with Crippen LogP contribution in [0.3, 0.4) is 0 Å². The van der Waals surface area contributed by atoms with E-state index in [1.807, 2.05) is 60.7 Å². The summed E-state index contributed by atoms with van der Waals surface area (Å²) in [5, 5.41) is 5.35. The molecule has 2 unspecified atom stereocenters. The minimum absolute atomic E-state index is 0.177. The number of hydrogen-bond acceptors (Lipinski definition) is 2. The highest BCUT2D eigenvalue weighted by Crippen LogP contribution is 2.33. The molecule has 0 aliphatic heterocycles. The lowest BCUT2D eigenvalue weighted by molar-refractivity contribution is -0.128. The summed E-state index contributed by atoms with van der Waals surface area (Å²) in [5.41, 5.74) is 1.64. The number of rotatable bonds is 5. The Labute approximate surface area is 130 Å². The van der Waals surface area contributed by atoms with E-state index >= 15 is 0 Å². The maximum atomic E-state index is 12.5. The summed E-state index contributed by atoms with van der Waals surface area (Å²) < 4.78 is 0. The number of hydrogen-bond donors (Lipinski definition) is 2. The summed E-state index contributed by atoms with van der Waals surface area (Å²) in [6.07, 6.45) is 0. The van der Waals surface area contributed by atoms with E-state index in [9.17, 15) is 9.59 Å². The molecule has 2 rings (SSSR count). The summed E-state index contributed by atoms with van der Waals surface area (Å²) in [7, 11) is 3.17. The molecule has 0 heterocycles. The largest absolute Gasteiger partial charge is 0.359 e. The summed E-state index contributed by atoms with van der Waals surface area (Å²) in [6.45, 7) is 0. The molecule has 0 spiro atoms. The van der Waals surface area contributed by atoms with Gasteiger partial charge in [-0.25, -0.2) is 0 Å². The summed E-state index contributed by atoms with van der Waals surface area (Å²) in [4.78, 5) is 24.9. The van der Waals surface area contributed by atoms with E-state index < -0.39 is 11.8 Å². The highest BCUT2D eigenvalue weighted by Gasteiger charge is 2.35. The maximum Gasteiger partial charge on any atom is 0.228 e. The van der Waals surface area contributed by atoms with E-state index in [1.54, 1.807) is 14.1 Å². The number of benzene rings is 2. The zero-order valence-electron chi connectivity index (χ0n) is 12.7. The third-order valence-electron chi connectivity index (χ3n) is 3.71. The van der Waals surface area contributed by atoms with E-state index in [4.69, 9.17) is 0 Å². The van der Waals surface area contributed by atoms with Gasteiger partial charge in [0.05, 0.1) is 11.8 Å². The van der Waals surface area contributed by atoms with Gasteiger partial charge in [0.25, 0.3) is 0 Å². The van der Waals surface area contributed by atoms with Crippen LogP contribution in [-0.2, 0) is 9.59 Å². The fourth-order valence-electron chi connectivity index (χ4n) is 2.62. The number of amides is 2. The molecule has 2 amide bonds. The average Bonchev–Trinajstić information content (AvgIpc) is 2.59. The van der Waals surface area contributed by atoms with Gasteiger partial charge in [-0.2, -0.15) is 0 Å². The molecule has 0 aromatic heterocycles. The van der Waals surface area contributed by atoms with Crippen molar-refractivity contribution in [3.63, 3.8) is 0 Å². The molecule has 0 bridgehead atoms. The van der Waals surface area contributed by atoms with Gasteiger partial charge in [-0.3, -0.25) is 9.59 Å². The van der Waals surface area contributed by atoms with Crippen LogP contribution in [-0.4, -0.2) is 25.9 Å². The zero-order chi connectivity index (χ0) is 15.9. The van der Waals surface area contributed by atoms with Crippen LogP contribution >= 0.6 is 0 Å². The zero-order valence-corrected chi connectivity index (χ0v) is 12.7. The molecule has 4 nitrogen and oxygen atoms in total. The van der Waals surface area contributed by atoms with Crippen molar-refractivity contribution in [3.8, 4) is 0 Å². The second kappa shape index (κ2) is 7.41. The lowest BCUT2D eigenvalue weighted by atomic mass is 9.80. The van der Waals surface area contributed by atoms with Crippen LogP contribution in [0.2, 0.25) is 0 Å². The molecule has 114 valence electrons. The quantitative estimate of drug-likeness (QED) is 0.887. The monoisotopic (exact) mass is 296 g/mol. The van der Waals surface area contributed by atoms with Gasteiger partial charge in [0, 0.05) is 14.1 Å². The molecule has 0 aliphatic rings. The lowest BCUT2D eigenvalue weighted by Crippen LogP contribution is -2.37. The average molecular weight is 296 g/mol. The Bertz CT molecular complexity index is 569. The van der Waals surface area contributed by atoms with Crippen LogP contribution < -0.4 is 10.6 Å². The molecule has 4 heteroatoms. The topological polar surface area (TPSA) is 58.2 Å². The van der Waals surface area contributed by atoms with E-state index in [0.29, 0.717) is 0 Å². The molecule has 2 N–H and O–H groups in total. The predicted molar refractivity (Wildman–Crippen MR) is 86.5 cm³/mol. The Balaban J connectivity index is 2.54. The lowest BCUT2D eigenvalue weighted by Gasteiger charge is -2.25. The molecular weight excluding hydrogens is 276 g/mol. The molecule has 2 atom stereocenters. The van der Waals surface area contributed by atoms with E-state index in [2.05, 4.69) is 10.6 Å². The Morgan fingerprint density at radius 1 is 0.682 bits per heavy atom. The molecule has 0 aliphatic carbocycles. The minimum Gasteiger partial charge on any atom is -0.359 e. The highest BCUT2D eigenvalue weighted by atomic mass is 16.2. The first-order chi connectivity index (χ1) is 10.7. The minimum atomic E-state index is -0.575. The fourth-order valence-corrected chi connectivity index (χ4v) is 2.62. The van der Waals surface area contributed by atoms with Gasteiger partial charge >= 0.3 is 0 Å². The van der Waals surface area contributed by atoms with Gasteiger partial charge < -0.3 is 10.6 Å². The summed E-state index contributed by atoms with van der Waals surface area (Å²) in [5.74, 6) is -1.51. The first-order valence-electron chi connectivity index (χ1n) is 7.22. The number of carbonyl (C=O) groups is 2. The number of nitrogens with one attached hydrogen (secondary N) is 2. The highest BCUT2D eigenvalue weighted by molar-refractivity contribution is 5.94. The SMILES string of the molecule is CNC(=O)C(c1ccccc1)C(C(=O)NC)c1ccccc1. The maximum absolute atomic E-state index is 12.5. The first-order valence-corrected chi connectivity index (χ1v) is 7.22. The van der Waals surface area contributed by atoms with E-state index in [-0.39, 0.29) is 11.8 Å². The molecule has 0 saturated heterocycles. The molecule has 22 heavy (non-hydrogen) atoms. The fraction of sp³-hybridized carbons (Fsp3) is 0.222. The van der Waals surface area contributed by atoms with Gasteiger partial charge in [-0.1, -0.05) is 60.7 Å². The first kappa shape index (κ1) is 15.8. The van der Waals surface area contributed by atoms with Crippen molar-refractivity contribution in [2.24, 2.45) is 0 Å². The van der Waals surface area contributed by atoms with Crippen molar-refractivity contribution >= 4 is 11.8 Å². The van der Waals surface area contributed by atoms with Crippen LogP contribution in [0.15, 0.2) is 60.7 Å². The van der Waals surface area contributed by atoms with Crippen LogP contribution in [0.5, 0.6) is 0 Å². The smallest absolute Gasteiger partial charge is 0.228 e. The Morgan fingerprint density at radius 2 is 1.00 bits per heavy atom. The summed E-state index contributed by atoms with van der Waals surface area (Å²) >= 11 is 0. The normalized spacial score (nSPS) is 13.0. The molecule has 0 radical (unpaired) electrons. The predicted octanol–water partition coefficient (Wildman–Crippen LogP) is 2.05. The van der Waals surface area contributed by atoms with Gasteiger partial charge in [-0.15, -0.1) is 0 Å². The van der Waals surface area contributed by atoms with Gasteiger partial charge in [0.15, 0.2) is 0 Å². The Morgan fingerprint density at radius 3 is 1.27 bits per heavy atom. The second-order valence-electron chi connectivity index (χ2n) is 5.01. The van der Waals surface area contributed by atoms with Gasteiger partial charge in [-0.05, 0) is 11.1 Å². The van der Waals surface area contributed by atoms with Crippen LogP contribution in [0.25, 0.3) is 0 Å². The molecule has 0 saturated carbocycles. The van der Waals surface area contributed by atoms with Crippen LogP contribution in [0, 0.1) is 0 Å². The van der Waals surface area contributed by atoms with Crippen molar-refractivity contribution in [2.75, 3.05) is 14.1 Å². The van der Waals surface area contributed by atoms with Crippen molar-refractivity contribution in [3.05, 3.63) is 71.8 Å². The third-order valence-corrected chi connectivity index (χ3v) is 3.71. The van der Waals surface area contributed by atoms with Crippen LogP contribution in [0.4, 0.5) is 0 Å². The molecular formula is C18H20N2O2. The Hall–Kier alpha value is -2.62. The molecule has 2 aromatic carbocycles. The van der Waals surface area contributed by atoms with Crippen molar-refractivity contribution in [1.82, 2.24) is 10.6 Å². The van der Waals surface area contributed by atoms with Crippen molar-refractivity contribution in [2.45, 2.75) is 11.8 Å². The van der Waals surface area contributed by atoms with E-state index in [1.165, 1.54) is 0 Å². The van der Waals surface area contributed by atoms with Gasteiger partial charge in [0.1, 0.15) is 0 Å².